The Hall–Kier alpha value is -2.62. The van der Waals surface area contributed by atoms with Crippen molar-refractivity contribution in [2.45, 2.75) is 46.5 Å². The summed E-state index contributed by atoms with van der Waals surface area (Å²) in [7, 11) is 0. The summed E-state index contributed by atoms with van der Waals surface area (Å²) in [6.07, 6.45) is 3.07. The Labute approximate surface area is 167 Å². The number of nitrogens with zero attached hydrogens (tertiary/aromatic N) is 1. The molecule has 2 aromatic carbocycles. The summed E-state index contributed by atoms with van der Waals surface area (Å²) in [5, 5.41) is 3.05. The zero-order chi connectivity index (χ0) is 20.1. The van der Waals surface area contributed by atoms with E-state index in [1.807, 2.05) is 67.3 Å². The maximum absolute atomic E-state index is 13.0. The molecule has 0 heterocycles. The van der Waals surface area contributed by atoms with E-state index in [1.165, 1.54) is 11.1 Å². The molecule has 1 aliphatic carbocycles. The molecule has 0 radical (unpaired) electrons. The zero-order valence-corrected chi connectivity index (χ0v) is 17.1. The topological polar surface area (TPSA) is 49.4 Å². The zero-order valence-electron chi connectivity index (χ0n) is 17.1. The quantitative estimate of drug-likeness (QED) is 0.787. The number of aryl methyl sites for hydroxylation is 2. The van der Waals surface area contributed by atoms with Crippen LogP contribution in [0.4, 0.5) is 11.4 Å². The molecule has 1 fully saturated rings. The first-order valence-electron chi connectivity index (χ1n) is 10.2. The van der Waals surface area contributed by atoms with Crippen LogP contribution in [-0.2, 0) is 9.59 Å². The maximum Gasteiger partial charge on any atom is 0.230 e. The van der Waals surface area contributed by atoms with Crippen molar-refractivity contribution in [3.63, 3.8) is 0 Å². The van der Waals surface area contributed by atoms with E-state index >= 15 is 0 Å². The predicted octanol–water partition coefficient (Wildman–Crippen LogP) is 5.10. The Bertz CT molecular complexity index is 824. The van der Waals surface area contributed by atoms with Crippen LogP contribution in [0.2, 0.25) is 0 Å². The number of carbonyl (C=O) groups excluding carboxylic acids is 2. The second kappa shape index (κ2) is 9.05. The van der Waals surface area contributed by atoms with E-state index in [0.29, 0.717) is 6.54 Å². The normalized spacial score (nSPS) is 19.1. The molecule has 2 amide bonds. The largest absolute Gasteiger partial charge is 0.326 e. The summed E-state index contributed by atoms with van der Waals surface area (Å²) in [5.74, 6) is 0.245. The first-order chi connectivity index (χ1) is 13.5. The van der Waals surface area contributed by atoms with Gasteiger partial charge < -0.3 is 10.2 Å². The highest BCUT2D eigenvalue weighted by molar-refractivity contribution is 5.96. The number of carbonyl (C=O) groups is 2. The van der Waals surface area contributed by atoms with Crippen LogP contribution in [0.3, 0.4) is 0 Å². The lowest BCUT2D eigenvalue weighted by Crippen LogP contribution is -2.39. The number of benzene rings is 2. The molecule has 0 spiro atoms. The van der Waals surface area contributed by atoms with Crippen molar-refractivity contribution in [1.82, 2.24) is 0 Å². The third-order valence-corrected chi connectivity index (χ3v) is 5.87. The summed E-state index contributed by atoms with van der Waals surface area (Å²) in [6, 6.07) is 15.8. The Kier molecular flexibility index (Phi) is 6.50. The SMILES string of the molecule is CCN(C(=O)C1CCC(C(=O)Nc2ccc(C)c(C)c2)CC1)c1ccccc1. The van der Waals surface area contributed by atoms with Crippen molar-refractivity contribution in [3.05, 3.63) is 59.7 Å². The van der Waals surface area contributed by atoms with Gasteiger partial charge in [0, 0.05) is 29.8 Å². The van der Waals surface area contributed by atoms with Gasteiger partial charge in [0.05, 0.1) is 0 Å². The minimum absolute atomic E-state index is 0.00539. The van der Waals surface area contributed by atoms with Crippen LogP contribution >= 0.6 is 0 Å². The highest BCUT2D eigenvalue weighted by Gasteiger charge is 2.32. The number of amides is 2. The molecule has 3 rings (SSSR count). The highest BCUT2D eigenvalue weighted by atomic mass is 16.2. The van der Waals surface area contributed by atoms with Gasteiger partial charge >= 0.3 is 0 Å². The van der Waals surface area contributed by atoms with Gasteiger partial charge in [-0.1, -0.05) is 24.3 Å². The number of hydrogen-bond acceptors (Lipinski definition) is 2. The number of hydrogen-bond donors (Lipinski definition) is 1. The van der Waals surface area contributed by atoms with E-state index in [0.717, 1.165) is 37.1 Å². The molecular weight excluding hydrogens is 348 g/mol. The maximum atomic E-state index is 13.0. The molecular formula is C24H30N2O2. The number of anilines is 2. The standard InChI is InChI=1S/C24H30N2O2/c1-4-26(22-8-6-5-7-9-22)24(28)20-13-11-19(12-14-20)23(27)25-21-15-10-17(2)18(3)16-21/h5-10,15-16,19-20H,4,11-14H2,1-3H3,(H,25,27). The lowest BCUT2D eigenvalue weighted by molar-refractivity contribution is -0.126. The van der Waals surface area contributed by atoms with Gasteiger partial charge in [0.15, 0.2) is 0 Å². The summed E-state index contributed by atoms with van der Waals surface area (Å²) in [6.45, 7) is 6.78. The second-order valence-electron chi connectivity index (χ2n) is 7.75. The minimum Gasteiger partial charge on any atom is -0.326 e. The fourth-order valence-electron chi connectivity index (χ4n) is 3.96. The van der Waals surface area contributed by atoms with Crippen molar-refractivity contribution < 1.29 is 9.59 Å². The number of rotatable bonds is 5. The Morgan fingerprint density at radius 1 is 0.929 bits per heavy atom. The molecule has 2 aromatic rings. The fourth-order valence-corrected chi connectivity index (χ4v) is 3.96. The molecule has 1 aliphatic rings. The highest BCUT2D eigenvalue weighted by Crippen LogP contribution is 2.32. The van der Waals surface area contributed by atoms with E-state index < -0.39 is 0 Å². The Balaban J connectivity index is 1.56. The number of para-hydroxylation sites is 1. The molecule has 0 unspecified atom stereocenters. The first kappa shape index (κ1) is 20.1. The van der Waals surface area contributed by atoms with Crippen LogP contribution in [0.15, 0.2) is 48.5 Å². The lowest BCUT2D eigenvalue weighted by Gasteiger charge is -2.31. The van der Waals surface area contributed by atoms with Crippen LogP contribution in [0.25, 0.3) is 0 Å². The van der Waals surface area contributed by atoms with Gasteiger partial charge in [-0.15, -0.1) is 0 Å². The van der Waals surface area contributed by atoms with E-state index in [-0.39, 0.29) is 23.7 Å². The van der Waals surface area contributed by atoms with Gasteiger partial charge in [0.1, 0.15) is 0 Å². The molecule has 0 aromatic heterocycles. The van der Waals surface area contributed by atoms with Crippen LogP contribution in [0.5, 0.6) is 0 Å². The minimum atomic E-state index is -0.0162. The third kappa shape index (κ3) is 4.61. The van der Waals surface area contributed by atoms with Crippen molar-refractivity contribution in [2.75, 3.05) is 16.8 Å². The van der Waals surface area contributed by atoms with E-state index in [1.54, 1.807) is 0 Å². The third-order valence-electron chi connectivity index (χ3n) is 5.87. The average Bonchev–Trinajstić information content (AvgIpc) is 2.72. The Morgan fingerprint density at radius 2 is 1.57 bits per heavy atom. The van der Waals surface area contributed by atoms with E-state index in [9.17, 15) is 9.59 Å². The summed E-state index contributed by atoms with van der Waals surface area (Å²) in [5.41, 5.74) is 4.20. The van der Waals surface area contributed by atoms with Gasteiger partial charge in [0.25, 0.3) is 0 Å². The van der Waals surface area contributed by atoms with Crippen LogP contribution in [0.1, 0.15) is 43.7 Å². The van der Waals surface area contributed by atoms with Crippen molar-refractivity contribution in [3.8, 4) is 0 Å². The molecule has 4 heteroatoms. The molecule has 4 nitrogen and oxygen atoms in total. The van der Waals surface area contributed by atoms with Gasteiger partial charge in [-0.3, -0.25) is 9.59 Å². The summed E-state index contributed by atoms with van der Waals surface area (Å²) < 4.78 is 0. The fraction of sp³-hybridized carbons (Fsp3) is 0.417. The predicted molar refractivity (Wildman–Crippen MR) is 114 cm³/mol. The van der Waals surface area contributed by atoms with Crippen LogP contribution in [0, 0.1) is 25.7 Å². The lowest BCUT2D eigenvalue weighted by atomic mass is 9.80. The smallest absolute Gasteiger partial charge is 0.230 e. The molecule has 0 atom stereocenters. The molecule has 1 saturated carbocycles. The molecule has 0 saturated heterocycles. The van der Waals surface area contributed by atoms with Gasteiger partial charge in [-0.2, -0.15) is 0 Å². The van der Waals surface area contributed by atoms with Gasteiger partial charge in [-0.05, 0) is 81.8 Å². The van der Waals surface area contributed by atoms with Crippen LogP contribution in [-0.4, -0.2) is 18.4 Å². The Morgan fingerprint density at radius 3 is 2.18 bits per heavy atom. The molecule has 0 bridgehead atoms. The van der Waals surface area contributed by atoms with Gasteiger partial charge in [0.2, 0.25) is 11.8 Å². The average molecular weight is 379 g/mol. The first-order valence-corrected chi connectivity index (χ1v) is 10.2. The monoisotopic (exact) mass is 378 g/mol. The molecule has 1 N–H and O–H groups in total. The van der Waals surface area contributed by atoms with Crippen molar-refractivity contribution in [1.29, 1.82) is 0 Å². The van der Waals surface area contributed by atoms with Gasteiger partial charge in [-0.25, -0.2) is 0 Å². The molecule has 148 valence electrons. The van der Waals surface area contributed by atoms with E-state index in [4.69, 9.17) is 0 Å². The summed E-state index contributed by atoms with van der Waals surface area (Å²) >= 11 is 0. The van der Waals surface area contributed by atoms with Crippen molar-refractivity contribution >= 4 is 23.2 Å². The van der Waals surface area contributed by atoms with Crippen LogP contribution < -0.4 is 10.2 Å². The molecule has 28 heavy (non-hydrogen) atoms. The van der Waals surface area contributed by atoms with E-state index in [2.05, 4.69) is 12.2 Å². The molecule has 0 aliphatic heterocycles. The van der Waals surface area contributed by atoms with Crippen molar-refractivity contribution in [2.24, 2.45) is 11.8 Å². The number of nitrogens with one attached hydrogen (secondary N) is 1. The second-order valence-corrected chi connectivity index (χ2v) is 7.75. The summed E-state index contributed by atoms with van der Waals surface area (Å²) in [4.78, 5) is 27.5.